The molecule has 2 saturated carbocycles. The lowest BCUT2D eigenvalue weighted by Gasteiger charge is -2.15. The molecule has 29 heavy (non-hydrogen) atoms. The fourth-order valence-corrected chi connectivity index (χ4v) is 4.50. The topological polar surface area (TPSA) is 59.8 Å². The second-order valence-electron chi connectivity index (χ2n) is 7.88. The molecule has 148 valence electrons. The van der Waals surface area contributed by atoms with Crippen LogP contribution in [0.25, 0.3) is 11.1 Å². The van der Waals surface area contributed by atoms with Crippen molar-refractivity contribution in [2.45, 2.75) is 55.0 Å². The molecule has 3 aromatic rings. The highest BCUT2D eigenvalue weighted by atomic mass is 32.2. The lowest BCUT2D eigenvalue weighted by atomic mass is 10.0. The van der Waals surface area contributed by atoms with Crippen molar-refractivity contribution >= 4 is 23.4 Å². The predicted octanol–water partition coefficient (Wildman–Crippen LogP) is 5.28. The van der Waals surface area contributed by atoms with Crippen LogP contribution in [-0.4, -0.2) is 25.9 Å². The zero-order valence-corrected chi connectivity index (χ0v) is 17.2. The van der Waals surface area contributed by atoms with Gasteiger partial charge in [0.2, 0.25) is 5.91 Å². The Labute approximate surface area is 174 Å². The Morgan fingerprint density at radius 3 is 2.48 bits per heavy atom. The van der Waals surface area contributed by atoms with Gasteiger partial charge in [0.05, 0.1) is 5.25 Å². The number of para-hydroxylation sites is 1. The van der Waals surface area contributed by atoms with E-state index in [0.29, 0.717) is 12.0 Å². The summed E-state index contributed by atoms with van der Waals surface area (Å²) >= 11 is 1.51. The number of benzene rings is 2. The standard InChI is InChI=1S/C23H24N4OS/c1-15(29-23-26-25-21(17-11-12-17)27(23)18-13-14-18)22(28)24-20-10-6-5-9-19(20)16-7-3-2-4-8-16/h2-10,15,17-18H,11-14H2,1H3,(H,24,28). The normalized spacial score (nSPS) is 17.1. The van der Waals surface area contributed by atoms with Crippen LogP contribution in [0.3, 0.4) is 0 Å². The van der Waals surface area contributed by atoms with Gasteiger partial charge in [-0.15, -0.1) is 10.2 Å². The minimum Gasteiger partial charge on any atom is -0.325 e. The van der Waals surface area contributed by atoms with Crippen LogP contribution in [0, 0.1) is 0 Å². The van der Waals surface area contributed by atoms with Crippen molar-refractivity contribution in [3.63, 3.8) is 0 Å². The van der Waals surface area contributed by atoms with E-state index in [9.17, 15) is 4.79 Å². The number of nitrogens with one attached hydrogen (secondary N) is 1. The molecule has 1 heterocycles. The van der Waals surface area contributed by atoms with Gasteiger partial charge in [0, 0.05) is 23.2 Å². The van der Waals surface area contributed by atoms with Crippen LogP contribution in [0.15, 0.2) is 59.8 Å². The number of amides is 1. The van der Waals surface area contributed by atoms with Crippen LogP contribution in [0.1, 0.15) is 50.4 Å². The number of hydrogen-bond donors (Lipinski definition) is 1. The van der Waals surface area contributed by atoms with E-state index in [2.05, 4.69) is 32.2 Å². The highest BCUT2D eigenvalue weighted by Gasteiger charge is 2.37. The fourth-order valence-electron chi connectivity index (χ4n) is 3.57. The van der Waals surface area contributed by atoms with Crippen LogP contribution in [0.2, 0.25) is 0 Å². The number of carbonyl (C=O) groups excluding carboxylic acids is 1. The zero-order chi connectivity index (χ0) is 19.8. The van der Waals surface area contributed by atoms with Gasteiger partial charge in [-0.2, -0.15) is 0 Å². The molecule has 2 aromatic carbocycles. The Morgan fingerprint density at radius 2 is 1.76 bits per heavy atom. The summed E-state index contributed by atoms with van der Waals surface area (Å²) in [4.78, 5) is 13.0. The molecule has 1 N–H and O–H groups in total. The van der Waals surface area contributed by atoms with Gasteiger partial charge < -0.3 is 9.88 Å². The highest BCUT2D eigenvalue weighted by molar-refractivity contribution is 8.00. The lowest BCUT2D eigenvalue weighted by Crippen LogP contribution is -2.23. The first-order valence-corrected chi connectivity index (χ1v) is 11.2. The van der Waals surface area contributed by atoms with Crippen LogP contribution in [0.5, 0.6) is 0 Å². The van der Waals surface area contributed by atoms with Gasteiger partial charge in [-0.25, -0.2) is 0 Å². The summed E-state index contributed by atoms with van der Waals surface area (Å²) in [5.41, 5.74) is 2.94. The van der Waals surface area contributed by atoms with Crippen LogP contribution in [0.4, 0.5) is 5.69 Å². The Morgan fingerprint density at radius 1 is 1.03 bits per heavy atom. The van der Waals surface area contributed by atoms with E-state index in [1.165, 1.54) is 37.4 Å². The minimum absolute atomic E-state index is 0.0169. The molecule has 1 amide bonds. The maximum Gasteiger partial charge on any atom is 0.237 e. The van der Waals surface area contributed by atoms with E-state index in [0.717, 1.165) is 27.8 Å². The number of carbonyl (C=O) groups is 1. The zero-order valence-electron chi connectivity index (χ0n) is 16.4. The Hall–Kier alpha value is -2.60. The van der Waals surface area contributed by atoms with E-state index in [1.54, 1.807) is 0 Å². The third-order valence-corrected chi connectivity index (χ3v) is 6.52. The average Bonchev–Trinajstić information content (AvgIpc) is 3.68. The summed E-state index contributed by atoms with van der Waals surface area (Å²) in [7, 11) is 0. The second-order valence-corrected chi connectivity index (χ2v) is 9.19. The van der Waals surface area contributed by atoms with Crippen molar-refractivity contribution in [3.8, 4) is 11.1 Å². The molecule has 1 unspecified atom stereocenters. The summed E-state index contributed by atoms with van der Waals surface area (Å²) in [5, 5.41) is 12.6. The summed E-state index contributed by atoms with van der Waals surface area (Å²) in [5.74, 6) is 1.67. The van der Waals surface area contributed by atoms with Gasteiger partial charge in [0.25, 0.3) is 0 Å². The highest BCUT2D eigenvalue weighted by Crippen LogP contribution is 2.46. The Kier molecular flexibility index (Phi) is 4.87. The van der Waals surface area contributed by atoms with Gasteiger partial charge >= 0.3 is 0 Å². The molecule has 0 radical (unpaired) electrons. The molecule has 0 aliphatic heterocycles. The minimum atomic E-state index is -0.257. The van der Waals surface area contributed by atoms with E-state index in [1.807, 2.05) is 49.4 Å². The number of anilines is 1. The van der Waals surface area contributed by atoms with Gasteiger partial charge in [0.1, 0.15) is 5.82 Å². The maximum atomic E-state index is 13.0. The van der Waals surface area contributed by atoms with E-state index in [-0.39, 0.29) is 11.2 Å². The van der Waals surface area contributed by atoms with Gasteiger partial charge in [0.15, 0.2) is 5.16 Å². The monoisotopic (exact) mass is 404 g/mol. The largest absolute Gasteiger partial charge is 0.325 e. The van der Waals surface area contributed by atoms with Crippen molar-refractivity contribution in [2.24, 2.45) is 0 Å². The van der Waals surface area contributed by atoms with E-state index >= 15 is 0 Å². The van der Waals surface area contributed by atoms with Crippen LogP contribution < -0.4 is 5.32 Å². The number of nitrogens with zero attached hydrogens (tertiary/aromatic N) is 3. The van der Waals surface area contributed by atoms with E-state index < -0.39 is 0 Å². The van der Waals surface area contributed by atoms with Crippen molar-refractivity contribution in [3.05, 3.63) is 60.4 Å². The summed E-state index contributed by atoms with van der Waals surface area (Å²) in [6, 6.07) is 18.6. The number of thioether (sulfide) groups is 1. The van der Waals surface area contributed by atoms with Gasteiger partial charge in [-0.3, -0.25) is 4.79 Å². The molecule has 6 heteroatoms. The SMILES string of the molecule is CC(Sc1nnc(C2CC2)n1C1CC1)C(=O)Nc1ccccc1-c1ccccc1. The maximum absolute atomic E-state index is 13.0. The number of rotatable bonds is 7. The quantitative estimate of drug-likeness (QED) is 0.545. The molecule has 5 nitrogen and oxygen atoms in total. The smallest absolute Gasteiger partial charge is 0.237 e. The fraction of sp³-hybridized carbons (Fsp3) is 0.348. The molecule has 5 rings (SSSR count). The van der Waals surface area contributed by atoms with Gasteiger partial charge in [-0.05, 0) is 44.2 Å². The van der Waals surface area contributed by atoms with Crippen LogP contribution >= 0.6 is 11.8 Å². The molecular weight excluding hydrogens is 380 g/mol. The molecule has 2 aliphatic rings. The van der Waals surface area contributed by atoms with Crippen molar-refractivity contribution in [1.29, 1.82) is 0 Å². The molecule has 1 atom stereocenters. The molecule has 0 spiro atoms. The van der Waals surface area contributed by atoms with Crippen molar-refractivity contribution in [2.75, 3.05) is 5.32 Å². The summed E-state index contributed by atoms with van der Waals surface area (Å²) in [6.45, 7) is 1.94. The first-order chi connectivity index (χ1) is 14.2. The Bertz CT molecular complexity index is 1020. The third kappa shape index (κ3) is 3.94. The first-order valence-electron chi connectivity index (χ1n) is 10.3. The molecule has 0 bridgehead atoms. The number of hydrogen-bond acceptors (Lipinski definition) is 4. The molecular formula is C23H24N4OS. The second kappa shape index (κ2) is 7.67. The summed E-state index contributed by atoms with van der Waals surface area (Å²) in [6.07, 6.45) is 4.80. The Balaban J connectivity index is 1.32. The lowest BCUT2D eigenvalue weighted by molar-refractivity contribution is -0.115. The molecule has 1 aromatic heterocycles. The van der Waals surface area contributed by atoms with Crippen LogP contribution in [-0.2, 0) is 4.79 Å². The van der Waals surface area contributed by atoms with Gasteiger partial charge in [-0.1, -0.05) is 60.3 Å². The number of aromatic nitrogens is 3. The molecule has 2 aliphatic carbocycles. The summed E-state index contributed by atoms with van der Waals surface area (Å²) < 4.78 is 2.30. The molecule has 2 fully saturated rings. The predicted molar refractivity (Wildman–Crippen MR) is 116 cm³/mol. The average molecular weight is 405 g/mol. The first kappa shape index (κ1) is 18.4. The van der Waals surface area contributed by atoms with E-state index in [4.69, 9.17) is 0 Å². The third-order valence-electron chi connectivity index (χ3n) is 5.47. The molecule has 0 saturated heterocycles. The van der Waals surface area contributed by atoms with Crippen molar-refractivity contribution in [1.82, 2.24) is 14.8 Å². The van der Waals surface area contributed by atoms with Crippen molar-refractivity contribution < 1.29 is 4.79 Å².